The van der Waals surface area contributed by atoms with Crippen molar-refractivity contribution in [1.82, 2.24) is 18.9 Å². The lowest BCUT2D eigenvalue weighted by atomic mass is 10.3. The highest BCUT2D eigenvalue weighted by Crippen LogP contribution is 2.12. The Hall–Kier alpha value is -2.93. The molecule has 26 heavy (non-hydrogen) atoms. The Labute approximate surface area is 151 Å². The third-order valence-electron chi connectivity index (χ3n) is 3.72. The van der Waals surface area contributed by atoms with E-state index < -0.39 is 0 Å². The first-order chi connectivity index (χ1) is 12.6. The zero-order valence-electron chi connectivity index (χ0n) is 15.0. The predicted molar refractivity (Wildman–Crippen MR) is 96.7 cm³/mol. The summed E-state index contributed by atoms with van der Waals surface area (Å²) in [6, 6.07) is 3.79. The van der Waals surface area contributed by atoms with Gasteiger partial charge in [0.15, 0.2) is 5.69 Å². The van der Waals surface area contributed by atoms with Crippen LogP contribution in [-0.4, -0.2) is 31.5 Å². The number of hydrogen-bond acceptors (Lipinski definition) is 5. The smallest absolute Gasteiger partial charge is 0.356 e. The number of pyridine rings is 1. The first kappa shape index (κ1) is 17.9. The lowest BCUT2D eigenvalue weighted by Gasteiger charge is -2.05. The number of allylic oxidation sites excluding steroid dienone is 1. The van der Waals surface area contributed by atoms with Crippen LogP contribution in [0.5, 0.6) is 0 Å². The van der Waals surface area contributed by atoms with Gasteiger partial charge < -0.3 is 14.0 Å². The summed E-state index contributed by atoms with van der Waals surface area (Å²) in [6.07, 6.45) is 7.06. The highest BCUT2D eigenvalue weighted by Gasteiger charge is 2.13. The Kier molecular flexibility index (Phi) is 5.48. The van der Waals surface area contributed by atoms with Crippen molar-refractivity contribution in [2.75, 3.05) is 6.61 Å². The van der Waals surface area contributed by atoms with Gasteiger partial charge in [0.2, 0.25) is 0 Å². The van der Waals surface area contributed by atoms with Crippen LogP contribution in [0.3, 0.4) is 0 Å². The van der Waals surface area contributed by atoms with E-state index in [9.17, 15) is 4.79 Å². The molecule has 0 bridgehead atoms. The fourth-order valence-electron chi connectivity index (χ4n) is 2.62. The van der Waals surface area contributed by atoms with Gasteiger partial charge in [-0.2, -0.15) is 0 Å². The number of hydrogen-bond donors (Lipinski definition) is 0. The number of nitrogens with zero attached hydrogens (tertiary/aromatic N) is 4. The number of aromatic nitrogens is 4. The Morgan fingerprint density at radius 2 is 2.15 bits per heavy atom. The first-order valence-electron chi connectivity index (χ1n) is 8.42. The maximum absolute atomic E-state index is 11.9. The second-order valence-electron chi connectivity index (χ2n) is 6.11. The van der Waals surface area contributed by atoms with Crippen molar-refractivity contribution >= 4 is 11.6 Å². The van der Waals surface area contributed by atoms with Gasteiger partial charge in [0, 0.05) is 18.9 Å². The third kappa shape index (κ3) is 4.18. The zero-order valence-corrected chi connectivity index (χ0v) is 15.0. The van der Waals surface area contributed by atoms with Crippen molar-refractivity contribution in [2.45, 2.75) is 33.6 Å². The van der Waals surface area contributed by atoms with Crippen LogP contribution in [0, 0.1) is 0 Å². The average Bonchev–Trinajstić information content (AvgIpc) is 3.21. The van der Waals surface area contributed by atoms with E-state index in [1.54, 1.807) is 23.8 Å². The molecule has 0 atom stereocenters. The average molecular weight is 354 g/mol. The number of rotatable bonds is 8. The minimum absolute atomic E-state index is 0.333. The fourth-order valence-corrected chi connectivity index (χ4v) is 2.62. The molecule has 0 aromatic carbocycles. The summed E-state index contributed by atoms with van der Waals surface area (Å²) in [5, 5.41) is 0. The topological polar surface area (TPSA) is 70.7 Å². The monoisotopic (exact) mass is 354 g/mol. The van der Waals surface area contributed by atoms with E-state index in [0.717, 1.165) is 23.4 Å². The van der Waals surface area contributed by atoms with Gasteiger partial charge in [-0.1, -0.05) is 12.2 Å². The van der Waals surface area contributed by atoms with E-state index in [4.69, 9.17) is 9.47 Å². The van der Waals surface area contributed by atoms with Crippen LogP contribution in [0.4, 0.5) is 0 Å². The van der Waals surface area contributed by atoms with Crippen molar-refractivity contribution in [1.29, 1.82) is 0 Å². The highest BCUT2D eigenvalue weighted by molar-refractivity contribution is 5.88. The quantitative estimate of drug-likeness (QED) is 0.459. The van der Waals surface area contributed by atoms with Gasteiger partial charge >= 0.3 is 5.97 Å². The summed E-state index contributed by atoms with van der Waals surface area (Å²) in [7, 11) is 0. The Balaban J connectivity index is 1.60. The predicted octanol–water partition coefficient (Wildman–Crippen LogP) is 3.00. The van der Waals surface area contributed by atoms with E-state index in [2.05, 4.69) is 16.5 Å². The van der Waals surface area contributed by atoms with Crippen molar-refractivity contribution in [3.63, 3.8) is 0 Å². The molecule has 3 heterocycles. The maximum Gasteiger partial charge on any atom is 0.356 e. The van der Waals surface area contributed by atoms with Gasteiger partial charge in [0.25, 0.3) is 0 Å². The molecule has 0 fully saturated rings. The first-order valence-corrected chi connectivity index (χ1v) is 8.42. The van der Waals surface area contributed by atoms with E-state index in [1.807, 2.05) is 29.8 Å². The van der Waals surface area contributed by atoms with Gasteiger partial charge in [-0.05, 0) is 31.5 Å². The number of carbonyl (C=O) groups is 1. The van der Waals surface area contributed by atoms with Crippen molar-refractivity contribution in [2.24, 2.45) is 0 Å². The Morgan fingerprint density at radius 1 is 1.31 bits per heavy atom. The molecule has 7 nitrogen and oxygen atoms in total. The molecular formula is C19H22N4O3. The molecule has 0 unspecified atom stereocenters. The SMILES string of the molecule is C=C(C)Cn1cnc(COCc2ccn3c(C(=O)OCC)cnc3c2)c1. The van der Waals surface area contributed by atoms with Crippen molar-refractivity contribution < 1.29 is 14.3 Å². The molecule has 0 radical (unpaired) electrons. The molecule has 136 valence electrons. The van der Waals surface area contributed by atoms with Gasteiger partial charge in [-0.3, -0.25) is 4.40 Å². The molecule has 0 amide bonds. The minimum Gasteiger partial charge on any atom is -0.461 e. The summed E-state index contributed by atoms with van der Waals surface area (Å²) in [5.74, 6) is -0.380. The number of imidazole rings is 2. The summed E-state index contributed by atoms with van der Waals surface area (Å²) in [5.41, 5.74) is 4.01. The Morgan fingerprint density at radius 3 is 2.92 bits per heavy atom. The molecule has 3 aromatic heterocycles. The molecule has 0 saturated heterocycles. The third-order valence-corrected chi connectivity index (χ3v) is 3.72. The Bertz CT molecular complexity index is 926. The van der Waals surface area contributed by atoms with Gasteiger partial charge in [0.05, 0.1) is 38.0 Å². The molecule has 0 aliphatic heterocycles. The largest absolute Gasteiger partial charge is 0.461 e. The highest BCUT2D eigenvalue weighted by atomic mass is 16.5. The maximum atomic E-state index is 11.9. The van der Waals surface area contributed by atoms with Crippen molar-refractivity contribution in [3.05, 3.63) is 66.2 Å². The molecular weight excluding hydrogens is 332 g/mol. The van der Waals surface area contributed by atoms with Crippen LogP contribution in [-0.2, 0) is 29.2 Å². The molecule has 3 rings (SSSR count). The second kappa shape index (κ2) is 7.97. The standard InChI is InChI=1S/C19H22N4O3/c1-4-26-19(24)17-8-20-18-7-15(5-6-23(17)18)11-25-12-16-10-22(13-21-16)9-14(2)3/h5-8,10,13H,2,4,9,11-12H2,1,3H3. The lowest BCUT2D eigenvalue weighted by molar-refractivity contribution is 0.0518. The van der Waals surface area contributed by atoms with Crippen LogP contribution in [0.25, 0.3) is 5.65 Å². The van der Waals surface area contributed by atoms with E-state index in [1.165, 1.54) is 6.20 Å². The van der Waals surface area contributed by atoms with Crippen LogP contribution >= 0.6 is 0 Å². The van der Waals surface area contributed by atoms with Crippen LogP contribution < -0.4 is 0 Å². The summed E-state index contributed by atoms with van der Waals surface area (Å²) in [4.78, 5) is 20.5. The van der Waals surface area contributed by atoms with Gasteiger partial charge in [0.1, 0.15) is 5.65 Å². The lowest BCUT2D eigenvalue weighted by Crippen LogP contribution is -2.07. The zero-order chi connectivity index (χ0) is 18.5. The molecule has 0 spiro atoms. The van der Waals surface area contributed by atoms with Crippen LogP contribution in [0.1, 0.15) is 35.6 Å². The fraction of sp³-hybridized carbons (Fsp3) is 0.316. The van der Waals surface area contributed by atoms with Crippen LogP contribution in [0.2, 0.25) is 0 Å². The van der Waals surface area contributed by atoms with E-state index in [0.29, 0.717) is 31.2 Å². The summed E-state index contributed by atoms with van der Waals surface area (Å²) in [6.45, 7) is 9.60. The second-order valence-corrected chi connectivity index (χ2v) is 6.11. The number of carbonyl (C=O) groups excluding carboxylic acids is 1. The number of ether oxygens (including phenoxy) is 2. The summed E-state index contributed by atoms with van der Waals surface area (Å²) < 4.78 is 14.5. The molecule has 0 aliphatic rings. The summed E-state index contributed by atoms with van der Waals surface area (Å²) >= 11 is 0. The van der Waals surface area contributed by atoms with E-state index >= 15 is 0 Å². The van der Waals surface area contributed by atoms with Gasteiger partial charge in [-0.15, -0.1) is 0 Å². The molecule has 0 N–H and O–H groups in total. The van der Waals surface area contributed by atoms with Gasteiger partial charge in [-0.25, -0.2) is 14.8 Å². The van der Waals surface area contributed by atoms with Crippen LogP contribution in [0.15, 0.2) is 49.2 Å². The van der Waals surface area contributed by atoms with E-state index in [-0.39, 0.29) is 5.97 Å². The normalized spacial score (nSPS) is 11.0. The number of fused-ring (bicyclic) bond motifs is 1. The minimum atomic E-state index is -0.380. The molecule has 7 heteroatoms. The molecule has 0 aliphatic carbocycles. The molecule has 3 aromatic rings. The molecule has 0 saturated carbocycles. The van der Waals surface area contributed by atoms with Crippen molar-refractivity contribution in [3.8, 4) is 0 Å². The number of esters is 1.